The maximum absolute atomic E-state index is 3.97. The minimum atomic E-state index is 0.557. The molecule has 1 aromatic carbocycles. The number of benzene rings is 1. The summed E-state index contributed by atoms with van der Waals surface area (Å²) in [5.41, 5.74) is 2.11. The molecule has 1 aliphatic rings. The second kappa shape index (κ2) is 5.38. The van der Waals surface area contributed by atoms with Crippen molar-refractivity contribution in [1.29, 1.82) is 0 Å². The summed E-state index contributed by atoms with van der Waals surface area (Å²) in [4.78, 5) is 0. The molecule has 1 aliphatic carbocycles. The van der Waals surface area contributed by atoms with E-state index in [2.05, 4.69) is 33.8 Å². The molecule has 19 heavy (non-hydrogen) atoms. The first-order valence-electron chi connectivity index (χ1n) is 6.92. The molecule has 2 aromatic rings. The van der Waals surface area contributed by atoms with Gasteiger partial charge in [-0.2, -0.15) is 4.68 Å². The third-order valence-corrected chi connectivity index (χ3v) is 3.80. The van der Waals surface area contributed by atoms with Crippen molar-refractivity contribution in [2.45, 2.75) is 38.6 Å². The van der Waals surface area contributed by atoms with E-state index in [1.807, 2.05) is 18.2 Å². The van der Waals surface area contributed by atoms with Crippen molar-refractivity contribution in [3.63, 3.8) is 0 Å². The minimum Gasteiger partial charge on any atom is -0.381 e. The lowest BCUT2D eigenvalue weighted by Crippen LogP contribution is -2.26. The van der Waals surface area contributed by atoms with Gasteiger partial charge in [0.2, 0.25) is 0 Å². The molecule has 0 amide bonds. The molecule has 1 heterocycles. The van der Waals surface area contributed by atoms with Crippen LogP contribution in [-0.4, -0.2) is 26.2 Å². The van der Waals surface area contributed by atoms with Gasteiger partial charge in [-0.15, -0.1) is 5.10 Å². The Morgan fingerprint density at radius 1 is 1.26 bits per heavy atom. The van der Waals surface area contributed by atoms with Gasteiger partial charge in [-0.05, 0) is 41.3 Å². The first-order chi connectivity index (χ1) is 9.33. The summed E-state index contributed by atoms with van der Waals surface area (Å²) in [7, 11) is 0. The molecule has 5 heteroatoms. The predicted octanol–water partition coefficient (Wildman–Crippen LogP) is 2.65. The molecule has 0 saturated heterocycles. The molecule has 1 aromatic heterocycles. The summed E-state index contributed by atoms with van der Waals surface area (Å²) in [5, 5.41) is 15.0. The summed E-state index contributed by atoms with van der Waals surface area (Å²) in [5.74, 6) is 0.812. The van der Waals surface area contributed by atoms with E-state index in [1.165, 1.54) is 25.7 Å². The standard InChI is InChI=1S/C14H19N5/c1-11-5-4-6-12(9-11)16-13-7-2-3-8-14(13)19-10-15-17-18-19/h2-3,7-8,10-12,16H,4-6,9H2,1H3. The van der Waals surface area contributed by atoms with Crippen molar-refractivity contribution in [3.8, 4) is 5.69 Å². The second-order valence-corrected chi connectivity index (χ2v) is 5.38. The Bertz CT molecular complexity index is 522. The zero-order valence-corrected chi connectivity index (χ0v) is 11.2. The van der Waals surface area contributed by atoms with Crippen molar-refractivity contribution in [3.05, 3.63) is 30.6 Å². The highest BCUT2D eigenvalue weighted by molar-refractivity contribution is 5.60. The summed E-state index contributed by atoms with van der Waals surface area (Å²) in [6.45, 7) is 2.33. The fraction of sp³-hybridized carbons (Fsp3) is 0.500. The number of nitrogens with zero attached hydrogens (tertiary/aromatic N) is 4. The molecular formula is C14H19N5. The lowest BCUT2D eigenvalue weighted by atomic mass is 9.87. The van der Waals surface area contributed by atoms with Crippen LogP contribution in [0.5, 0.6) is 0 Å². The van der Waals surface area contributed by atoms with Gasteiger partial charge in [0.05, 0.1) is 11.4 Å². The molecule has 0 radical (unpaired) electrons. The van der Waals surface area contributed by atoms with Crippen LogP contribution in [0, 0.1) is 5.92 Å². The fourth-order valence-corrected chi connectivity index (χ4v) is 2.85. The molecule has 100 valence electrons. The van der Waals surface area contributed by atoms with Crippen LogP contribution in [0.1, 0.15) is 32.6 Å². The van der Waals surface area contributed by atoms with Gasteiger partial charge in [0.15, 0.2) is 0 Å². The SMILES string of the molecule is CC1CCCC(Nc2ccccc2-n2cnnn2)C1. The molecule has 5 nitrogen and oxygen atoms in total. The molecule has 1 saturated carbocycles. The smallest absolute Gasteiger partial charge is 0.143 e. The van der Waals surface area contributed by atoms with Crippen molar-refractivity contribution in [2.75, 3.05) is 5.32 Å². The minimum absolute atomic E-state index is 0.557. The van der Waals surface area contributed by atoms with Crippen LogP contribution in [0.2, 0.25) is 0 Å². The Labute approximate surface area is 113 Å². The van der Waals surface area contributed by atoms with Crippen LogP contribution in [0.4, 0.5) is 5.69 Å². The predicted molar refractivity (Wildman–Crippen MR) is 74.2 cm³/mol. The quantitative estimate of drug-likeness (QED) is 0.918. The number of para-hydroxylation sites is 2. The summed E-state index contributed by atoms with van der Waals surface area (Å²) < 4.78 is 1.70. The molecular weight excluding hydrogens is 238 g/mol. The molecule has 2 unspecified atom stereocenters. The number of aromatic nitrogens is 4. The van der Waals surface area contributed by atoms with Gasteiger partial charge in [0.25, 0.3) is 0 Å². The van der Waals surface area contributed by atoms with Gasteiger partial charge < -0.3 is 5.32 Å². The number of hydrogen-bond donors (Lipinski definition) is 1. The summed E-state index contributed by atoms with van der Waals surface area (Å²) in [6.07, 6.45) is 6.78. The highest BCUT2D eigenvalue weighted by atomic mass is 15.5. The Morgan fingerprint density at radius 2 is 2.16 bits per heavy atom. The monoisotopic (exact) mass is 257 g/mol. The largest absolute Gasteiger partial charge is 0.381 e. The average Bonchev–Trinajstić information content (AvgIpc) is 2.93. The van der Waals surface area contributed by atoms with Gasteiger partial charge >= 0.3 is 0 Å². The van der Waals surface area contributed by atoms with E-state index in [-0.39, 0.29) is 0 Å². The number of rotatable bonds is 3. The van der Waals surface area contributed by atoms with Crippen molar-refractivity contribution >= 4 is 5.69 Å². The van der Waals surface area contributed by atoms with Gasteiger partial charge in [-0.1, -0.05) is 31.9 Å². The Morgan fingerprint density at radius 3 is 2.95 bits per heavy atom. The number of nitrogens with one attached hydrogen (secondary N) is 1. The Hall–Kier alpha value is -1.91. The maximum Gasteiger partial charge on any atom is 0.143 e. The normalized spacial score (nSPS) is 23.2. The number of tetrazole rings is 1. The van der Waals surface area contributed by atoms with Gasteiger partial charge in [0.1, 0.15) is 6.33 Å². The zero-order chi connectivity index (χ0) is 13.1. The highest BCUT2D eigenvalue weighted by Crippen LogP contribution is 2.28. The van der Waals surface area contributed by atoms with Crippen LogP contribution in [0.15, 0.2) is 30.6 Å². The van der Waals surface area contributed by atoms with Crippen LogP contribution < -0.4 is 5.32 Å². The van der Waals surface area contributed by atoms with E-state index in [0.29, 0.717) is 6.04 Å². The Kier molecular flexibility index (Phi) is 3.44. The van der Waals surface area contributed by atoms with Crippen LogP contribution >= 0.6 is 0 Å². The summed E-state index contributed by atoms with van der Waals surface area (Å²) in [6, 6.07) is 8.73. The van der Waals surface area contributed by atoms with Crippen molar-refractivity contribution in [1.82, 2.24) is 20.2 Å². The lowest BCUT2D eigenvalue weighted by molar-refractivity contribution is 0.358. The third-order valence-electron chi connectivity index (χ3n) is 3.80. The van der Waals surface area contributed by atoms with Gasteiger partial charge in [-0.3, -0.25) is 0 Å². The van der Waals surface area contributed by atoms with E-state index in [1.54, 1.807) is 11.0 Å². The fourth-order valence-electron chi connectivity index (χ4n) is 2.85. The van der Waals surface area contributed by atoms with Crippen LogP contribution in [-0.2, 0) is 0 Å². The molecule has 0 spiro atoms. The molecule has 3 rings (SSSR count). The van der Waals surface area contributed by atoms with E-state index in [9.17, 15) is 0 Å². The maximum atomic E-state index is 3.97. The lowest BCUT2D eigenvalue weighted by Gasteiger charge is -2.28. The van der Waals surface area contributed by atoms with Crippen LogP contribution in [0.25, 0.3) is 5.69 Å². The van der Waals surface area contributed by atoms with E-state index >= 15 is 0 Å². The second-order valence-electron chi connectivity index (χ2n) is 5.38. The van der Waals surface area contributed by atoms with Crippen molar-refractivity contribution < 1.29 is 0 Å². The first kappa shape index (κ1) is 12.1. The molecule has 0 aliphatic heterocycles. The Balaban J connectivity index is 1.81. The summed E-state index contributed by atoms with van der Waals surface area (Å²) >= 11 is 0. The van der Waals surface area contributed by atoms with E-state index in [0.717, 1.165) is 17.3 Å². The van der Waals surface area contributed by atoms with Gasteiger partial charge in [-0.25, -0.2) is 0 Å². The molecule has 0 bridgehead atoms. The topological polar surface area (TPSA) is 55.6 Å². The highest BCUT2D eigenvalue weighted by Gasteiger charge is 2.19. The average molecular weight is 257 g/mol. The van der Waals surface area contributed by atoms with Gasteiger partial charge in [0, 0.05) is 6.04 Å². The molecule has 1 fully saturated rings. The number of hydrogen-bond acceptors (Lipinski definition) is 4. The van der Waals surface area contributed by atoms with E-state index in [4.69, 9.17) is 0 Å². The van der Waals surface area contributed by atoms with E-state index < -0.39 is 0 Å². The molecule has 1 N–H and O–H groups in total. The third kappa shape index (κ3) is 2.75. The number of anilines is 1. The first-order valence-corrected chi connectivity index (χ1v) is 6.92. The van der Waals surface area contributed by atoms with Crippen molar-refractivity contribution in [2.24, 2.45) is 5.92 Å². The zero-order valence-electron chi connectivity index (χ0n) is 11.2. The van der Waals surface area contributed by atoms with Crippen LogP contribution in [0.3, 0.4) is 0 Å². The molecule has 2 atom stereocenters.